The fourth-order valence-electron chi connectivity index (χ4n) is 5.41. The van der Waals surface area contributed by atoms with Crippen molar-refractivity contribution in [3.63, 3.8) is 0 Å². The van der Waals surface area contributed by atoms with E-state index in [2.05, 4.69) is 4.90 Å². The van der Waals surface area contributed by atoms with Crippen LogP contribution in [0.4, 0.5) is 0 Å². The third-order valence-electron chi connectivity index (χ3n) is 7.92. The van der Waals surface area contributed by atoms with E-state index in [9.17, 15) is 18.3 Å². The van der Waals surface area contributed by atoms with Crippen LogP contribution in [0.2, 0.25) is 0 Å². The number of carbonyl (C=O) groups is 1. The molecule has 1 N–H and O–H groups in total. The molecule has 0 radical (unpaired) electrons. The van der Waals surface area contributed by atoms with Crippen LogP contribution in [-0.4, -0.2) is 93.3 Å². The van der Waals surface area contributed by atoms with Crippen molar-refractivity contribution >= 4 is 15.9 Å². The summed E-state index contributed by atoms with van der Waals surface area (Å²) in [6.07, 6.45) is -0.350. The molecule has 2 aliphatic rings. The minimum Gasteiger partial charge on any atom is -0.487 e. The van der Waals surface area contributed by atoms with Gasteiger partial charge in [-0.3, -0.25) is 9.69 Å². The molecule has 1 amide bonds. The van der Waals surface area contributed by atoms with Crippen molar-refractivity contribution in [2.75, 3.05) is 47.6 Å². The SMILES string of the molecule is C[C@@H]1CN([C@@H](C)CO)S(=O)(=O)c2ccc(-c3ccc(C(=O)N(C)C)cc3)cc2O[C@H]1CN(C)Cc1ccc2c(c1)OCO2. The Labute approximate surface area is 253 Å². The average Bonchev–Trinajstić information content (AvgIpc) is 3.46. The van der Waals surface area contributed by atoms with E-state index in [1.54, 1.807) is 51.4 Å². The molecule has 0 bridgehead atoms. The van der Waals surface area contributed by atoms with Crippen LogP contribution < -0.4 is 14.2 Å². The second-order valence-electron chi connectivity index (χ2n) is 11.6. The summed E-state index contributed by atoms with van der Waals surface area (Å²) in [6.45, 7) is 4.96. The molecule has 2 heterocycles. The smallest absolute Gasteiger partial charge is 0.253 e. The Bertz CT molecular complexity index is 1580. The lowest BCUT2D eigenvalue weighted by molar-refractivity contribution is 0.0734. The summed E-state index contributed by atoms with van der Waals surface area (Å²) in [5, 5.41) is 9.95. The fourth-order valence-corrected chi connectivity index (χ4v) is 7.24. The highest BCUT2D eigenvalue weighted by Crippen LogP contribution is 2.37. The molecule has 0 aromatic heterocycles. The predicted octanol–water partition coefficient (Wildman–Crippen LogP) is 3.68. The van der Waals surface area contributed by atoms with Crippen molar-refractivity contribution in [3.05, 3.63) is 71.8 Å². The Morgan fingerprint density at radius 2 is 1.67 bits per heavy atom. The Kier molecular flexibility index (Phi) is 8.98. The number of hydrogen-bond acceptors (Lipinski definition) is 8. The summed E-state index contributed by atoms with van der Waals surface area (Å²) < 4.78 is 46.7. The lowest BCUT2D eigenvalue weighted by Gasteiger charge is -2.37. The molecule has 0 saturated carbocycles. The minimum atomic E-state index is -3.96. The minimum absolute atomic E-state index is 0.0614. The van der Waals surface area contributed by atoms with Crippen molar-refractivity contribution in [2.24, 2.45) is 5.92 Å². The van der Waals surface area contributed by atoms with Crippen LogP contribution in [0.5, 0.6) is 17.2 Å². The van der Waals surface area contributed by atoms with Crippen molar-refractivity contribution in [3.8, 4) is 28.4 Å². The van der Waals surface area contributed by atoms with E-state index in [0.717, 1.165) is 28.2 Å². The van der Waals surface area contributed by atoms with Crippen molar-refractivity contribution < 1.29 is 32.5 Å². The molecule has 0 aliphatic carbocycles. The number of aliphatic hydroxyl groups excluding tert-OH is 1. The van der Waals surface area contributed by atoms with Crippen LogP contribution in [0.3, 0.4) is 0 Å². The lowest BCUT2D eigenvalue weighted by Crippen LogP contribution is -2.49. The maximum atomic E-state index is 13.9. The first-order chi connectivity index (χ1) is 20.5. The highest BCUT2D eigenvalue weighted by molar-refractivity contribution is 7.89. The predicted molar refractivity (Wildman–Crippen MR) is 163 cm³/mol. The van der Waals surface area contributed by atoms with Crippen LogP contribution >= 0.6 is 0 Å². The Hall–Kier alpha value is -3.64. The number of ether oxygens (including phenoxy) is 3. The first-order valence-corrected chi connectivity index (χ1v) is 15.7. The van der Waals surface area contributed by atoms with Crippen LogP contribution in [0, 0.1) is 5.92 Å². The van der Waals surface area contributed by atoms with Gasteiger partial charge in [-0.1, -0.05) is 31.2 Å². The molecule has 0 saturated heterocycles. The maximum Gasteiger partial charge on any atom is 0.253 e. The molecule has 0 fully saturated rings. The first kappa shape index (κ1) is 30.8. The van der Waals surface area contributed by atoms with Gasteiger partial charge in [-0.25, -0.2) is 8.42 Å². The standard InChI is InChI=1S/C32H39N3O7S/c1-21-16-35(22(2)19-36)43(38,39)31-13-11-26(24-7-9-25(10-8-24)32(37)33(3)4)15-29(31)42-30(21)18-34(5)17-23-6-12-27-28(14-23)41-20-40-27/h6-15,21-22,30,36H,16-20H2,1-5H3/t21-,22+,30+/m1/s1. The van der Waals surface area contributed by atoms with Crippen molar-refractivity contribution in [1.82, 2.24) is 14.1 Å². The van der Waals surface area contributed by atoms with Gasteiger partial charge in [0.15, 0.2) is 11.5 Å². The van der Waals surface area contributed by atoms with Crippen molar-refractivity contribution in [1.29, 1.82) is 0 Å². The summed E-state index contributed by atoms with van der Waals surface area (Å²) in [4.78, 5) is 16.1. The number of likely N-dealkylation sites (N-methyl/N-ethyl adjacent to an activating group) is 1. The number of benzene rings is 3. The first-order valence-electron chi connectivity index (χ1n) is 14.3. The summed E-state index contributed by atoms with van der Waals surface area (Å²) in [7, 11) is 1.44. The molecule has 0 spiro atoms. The second-order valence-corrected chi connectivity index (χ2v) is 13.4. The van der Waals surface area contributed by atoms with E-state index >= 15 is 0 Å². The zero-order chi connectivity index (χ0) is 30.9. The molecule has 0 unspecified atom stereocenters. The number of carbonyl (C=O) groups excluding carboxylic acids is 1. The highest BCUT2D eigenvalue weighted by Gasteiger charge is 2.38. The molecular weight excluding hydrogens is 570 g/mol. The van der Waals surface area contributed by atoms with Crippen LogP contribution in [0.25, 0.3) is 11.1 Å². The summed E-state index contributed by atoms with van der Waals surface area (Å²) in [6, 6.07) is 17.5. The van der Waals surface area contributed by atoms with Crippen molar-refractivity contribution in [2.45, 2.75) is 37.4 Å². The maximum absolute atomic E-state index is 13.9. The number of aliphatic hydroxyl groups is 1. The van der Waals surface area contributed by atoms with Crippen LogP contribution in [0.1, 0.15) is 29.8 Å². The van der Waals surface area contributed by atoms with Gasteiger partial charge in [-0.2, -0.15) is 4.31 Å². The van der Waals surface area contributed by atoms with E-state index in [4.69, 9.17) is 14.2 Å². The van der Waals surface area contributed by atoms with Crippen LogP contribution in [0.15, 0.2) is 65.6 Å². The number of hydrogen-bond donors (Lipinski definition) is 1. The molecule has 5 rings (SSSR count). The van der Waals surface area contributed by atoms with Gasteiger partial charge in [0.1, 0.15) is 16.7 Å². The second kappa shape index (κ2) is 12.5. The summed E-state index contributed by atoms with van der Waals surface area (Å²) in [5.41, 5.74) is 3.21. The quantitative estimate of drug-likeness (QED) is 0.412. The van der Waals surface area contributed by atoms with E-state index in [1.165, 1.54) is 9.21 Å². The highest BCUT2D eigenvalue weighted by atomic mass is 32.2. The van der Waals surface area contributed by atoms with Gasteiger partial charge in [0, 0.05) is 51.3 Å². The Morgan fingerprint density at radius 3 is 2.37 bits per heavy atom. The molecule has 3 aromatic carbocycles. The van der Waals surface area contributed by atoms with E-state index in [-0.39, 0.29) is 48.5 Å². The summed E-state index contributed by atoms with van der Waals surface area (Å²) >= 11 is 0. The fraction of sp³-hybridized carbons (Fsp3) is 0.406. The molecule has 10 nitrogen and oxygen atoms in total. The Balaban J connectivity index is 1.46. The summed E-state index contributed by atoms with van der Waals surface area (Å²) in [5.74, 6) is 1.43. The molecule has 3 aromatic rings. The molecule has 230 valence electrons. The largest absolute Gasteiger partial charge is 0.487 e. The van der Waals surface area contributed by atoms with Crippen LogP contribution in [-0.2, 0) is 16.6 Å². The van der Waals surface area contributed by atoms with Gasteiger partial charge < -0.3 is 24.2 Å². The topological polar surface area (TPSA) is 109 Å². The molecule has 3 atom stereocenters. The zero-order valence-electron chi connectivity index (χ0n) is 25.2. The van der Waals surface area contributed by atoms with E-state index < -0.39 is 16.1 Å². The number of fused-ring (bicyclic) bond motifs is 2. The number of amides is 1. The molecule has 11 heteroatoms. The van der Waals surface area contributed by atoms with Gasteiger partial charge in [0.2, 0.25) is 16.8 Å². The lowest BCUT2D eigenvalue weighted by atomic mass is 10.0. The third-order valence-corrected chi connectivity index (χ3v) is 9.94. The Morgan fingerprint density at radius 1 is 0.977 bits per heavy atom. The van der Waals surface area contributed by atoms with Gasteiger partial charge in [-0.05, 0) is 67.1 Å². The zero-order valence-corrected chi connectivity index (χ0v) is 26.0. The van der Waals surface area contributed by atoms with Gasteiger partial charge in [0.05, 0.1) is 6.61 Å². The molecular formula is C32H39N3O7S. The van der Waals surface area contributed by atoms with Gasteiger partial charge >= 0.3 is 0 Å². The third kappa shape index (κ3) is 6.50. The number of nitrogens with zero attached hydrogens (tertiary/aromatic N) is 3. The number of rotatable bonds is 8. The monoisotopic (exact) mass is 609 g/mol. The van der Waals surface area contributed by atoms with Gasteiger partial charge in [-0.15, -0.1) is 0 Å². The number of sulfonamides is 1. The average molecular weight is 610 g/mol. The van der Waals surface area contributed by atoms with E-state index in [0.29, 0.717) is 18.7 Å². The normalized spacial score (nSPS) is 20.1. The van der Waals surface area contributed by atoms with E-state index in [1.807, 2.05) is 44.3 Å². The molecule has 43 heavy (non-hydrogen) atoms. The molecule has 2 aliphatic heterocycles. The van der Waals surface area contributed by atoms with Gasteiger partial charge in [0.25, 0.3) is 5.91 Å².